The van der Waals surface area contributed by atoms with E-state index in [0.717, 1.165) is 12.0 Å². The molecule has 0 bridgehead atoms. The molecule has 2 unspecified atom stereocenters. The van der Waals surface area contributed by atoms with E-state index in [1.807, 2.05) is 48.5 Å². The number of rotatable bonds is 4. The highest BCUT2D eigenvalue weighted by atomic mass is 14.8. The molecule has 0 amide bonds. The second-order valence-electron chi connectivity index (χ2n) is 4.29. The largest absolute Gasteiger partial charge is 0.326 e. The van der Waals surface area contributed by atoms with Crippen LogP contribution in [0.25, 0.3) is 0 Å². The maximum absolute atomic E-state index is 6.16. The van der Waals surface area contributed by atoms with E-state index in [1.165, 1.54) is 5.56 Å². The molecule has 2 aromatic rings. The van der Waals surface area contributed by atoms with Crippen molar-refractivity contribution in [3.63, 3.8) is 0 Å². The van der Waals surface area contributed by atoms with Crippen LogP contribution in [0.4, 0.5) is 0 Å². The van der Waals surface area contributed by atoms with Gasteiger partial charge in [-0.05, 0) is 17.5 Å². The molecule has 0 spiro atoms. The summed E-state index contributed by atoms with van der Waals surface area (Å²) in [4.78, 5) is 0. The minimum atomic E-state index is -0.114. The first-order chi connectivity index (χ1) is 8.27. The summed E-state index contributed by atoms with van der Waals surface area (Å²) in [5.74, 6) is 0. The topological polar surface area (TPSA) is 52.0 Å². The van der Waals surface area contributed by atoms with Crippen LogP contribution in [0.1, 0.15) is 17.2 Å². The van der Waals surface area contributed by atoms with Crippen molar-refractivity contribution >= 4 is 0 Å². The summed E-state index contributed by atoms with van der Waals surface area (Å²) in [7, 11) is 0. The van der Waals surface area contributed by atoms with Crippen molar-refractivity contribution in [2.24, 2.45) is 11.5 Å². The Hall–Kier alpha value is -1.64. The van der Waals surface area contributed by atoms with Gasteiger partial charge in [0.25, 0.3) is 0 Å². The molecule has 0 aliphatic rings. The van der Waals surface area contributed by atoms with Gasteiger partial charge in [0.1, 0.15) is 0 Å². The van der Waals surface area contributed by atoms with Crippen LogP contribution in [0.5, 0.6) is 0 Å². The number of hydrogen-bond donors (Lipinski definition) is 2. The minimum Gasteiger partial charge on any atom is -0.326 e. The molecule has 0 fully saturated rings. The molecule has 4 N–H and O–H groups in total. The molecule has 2 heteroatoms. The van der Waals surface area contributed by atoms with Gasteiger partial charge in [0.2, 0.25) is 0 Å². The standard InChI is InChI=1S/C15H18N2/c16-14(11-12-7-3-1-4-8-12)15(17)13-9-5-2-6-10-13/h1-10,14-15H,11,16-17H2. The van der Waals surface area contributed by atoms with Gasteiger partial charge in [0.15, 0.2) is 0 Å². The van der Waals surface area contributed by atoms with Crippen LogP contribution in [-0.2, 0) is 6.42 Å². The minimum absolute atomic E-state index is 0.0557. The molecule has 0 aliphatic heterocycles. The zero-order chi connectivity index (χ0) is 12.1. The van der Waals surface area contributed by atoms with E-state index >= 15 is 0 Å². The Labute approximate surface area is 102 Å². The summed E-state index contributed by atoms with van der Waals surface area (Å²) in [5, 5.41) is 0. The van der Waals surface area contributed by atoms with Crippen LogP contribution in [0, 0.1) is 0 Å². The molecule has 17 heavy (non-hydrogen) atoms. The molecule has 0 radical (unpaired) electrons. The first kappa shape index (κ1) is 11.8. The Morgan fingerprint density at radius 1 is 0.765 bits per heavy atom. The summed E-state index contributed by atoms with van der Waals surface area (Å²) in [6, 6.07) is 20.1. The molecule has 2 aromatic carbocycles. The third kappa shape index (κ3) is 3.16. The molecule has 0 heterocycles. The smallest absolute Gasteiger partial charge is 0.0451 e. The summed E-state index contributed by atoms with van der Waals surface area (Å²) >= 11 is 0. The second-order valence-corrected chi connectivity index (χ2v) is 4.29. The maximum Gasteiger partial charge on any atom is 0.0451 e. The van der Waals surface area contributed by atoms with E-state index in [9.17, 15) is 0 Å². The summed E-state index contributed by atoms with van der Waals surface area (Å²) < 4.78 is 0. The Morgan fingerprint density at radius 2 is 1.29 bits per heavy atom. The van der Waals surface area contributed by atoms with Gasteiger partial charge in [0.05, 0.1) is 0 Å². The lowest BCUT2D eigenvalue weighted by atomic mass is 9.95. The van der Waals surface area contributed by atoms with Crippen molar-refractivity contribution in [3.8, 4) is 0 Å². The summed E-state index contributed by atoms with van der Waals surface area (Å²) in [6.07, 6.45) is 0.802. The molecular formula is C15H18N2. The fraction of sp³-hybridized carbons (Fsp3) is 0.200. The Balaban J connectivity index is 2.03. The number of hydrogen-bond acceptors (Lipinski definition) is 2. The van der Waals surface area contributed by atoms with Gasteiger partial charge in [-0.15, -0.1) is 0 Å². The first-order valence-corrected chi connectivity index (χ1v) is 5.87. The van der Waals surface area contributed by atoms with Crippen molar-refractivity contribution in [1.82, 2.24) is 0 Å². The lowest BCUT2D eigenvalue weighted by Crippen LogP contribution is -2.35. The third-order valence-electron chi connectivity index (χ3n) is 2.96. The Bertz CT molecular complexity index is 439. The fourth-order valence-electron chi connectivity index (χ4n) is 1.94. The van der Waals surface area contributed by atoms with Gasteiger partial charge < -0.3 is 11.5 Å². The highest BCUT2D eigenvalue weighted by molar-refractivity contribution is 5.22. The highest BCUT2D eigenvalue weighted by Crippen LogP contribution is 2.15. The molecule has 0 saturated heterocycles. The summed E-state index contributed by atoms with van der Waals surface area (Å²) in [5.41, 5.74) is 14.6. The van der Waals surface area contributed by atoms with Gasteiger partial charge in [-0.1, -0.05) is 60.7 Å². The van der Waals surface area contributed by atoms with Crippen LogP contribution in [-0.4, -0.2) is 6.04 Å². The number of nitrogens with two attached hydrogens (primary N) is 2. The molecular weight excluding hydrogens is 208 g/mol. The normalized spacial score (nSPS) is 14.2. The molecule has 0 aromatic heterocycles. The van der Waals surface area contributed by atoms with Crippen LogP contribution in [0.15, 0.2) is 60.7 Å². The lowest BCUT2D eigenvalue weighted by Gasteiger charge is -2.20. The Kier molecular flexibility index (Phi) is 3.91. The van der Waals surface area contributed by atoms with E-state index in [0.29, 0.717) is 0 Å². The fourth-order valence-corrected chi connectivity index (χ4v) is 1.94. The molecule has 88 valence electrons. The monoisotopic (exact) mass is 226 g/mol. The maximum atomic E-state index is 6.16. The van der Waals surface area contributed by atoms with Gasteiger partial charge in [0, 0.05) is 12.1 Å². The molecule has 0 aliphatic carbocycles. The van der Waals surface area contributed by atoms with Crippen LogP contribution in [0.3, 0.4) is 0 Å². The Morgan fingerprint density at radius 3 is 1.88 bits per heavy atom. The van der Waals surface area contributed by atoms with Gasteiger partial charge >= 0.3 is 0 Å². The van der Waals surface area contributed by atoms with Crippen molar-refractivity contribution in [2.45, 2.75) is 18.5 Å². The van der Waals surface area contributed by atoms with Crippen molar-refractivity contribution in [2.75, 3.05) is 0 Å². The average molecular weight is 226 g/mol. The van der Waals surface area contributed by atoms with Crippen molar-refractivity contribution in [1.29, 1.82) is 0 Å². The van der Waals surface area contributed by atoms with Gasteiger partial charge in [-0.3, -0.25) is 0 Å². The van der Waals surface area contributed by atoms with Crippen molar-refractivity contribution < 1.29 is 0 Å². The number of benzene rings is 2. The van der Waals surface area contributed by atoms with Crippen molar-refractivity contribution in [3.05, 3.63) is 71.8 Å². The van der Waals surface area contributed by atoms with Gasteiger partial charge in [-0.2, -0.15) is 0 Å². The molecule has 2 atom stereocenters. The lowest BCUT2D eigenvalue weighted by molar-refractivity contribution is 0.544. The second kappa shape index (κ2) is 5.62. The van der Waals surface area contributed by atoms with E-state index < -0.39 is 0 Å². The molecule has 0 saturated carbocycles. The quantitative estimate of drug-likeness (QED) is 0.840. The summed E-state index contributed by atoms with van der Waals surface area (Å²) in [6.45, 7) is 0. The van der Waals surface area contributed by atoms with Crippen LogP contribution >= 0.6 is 0 Å². The van der Waals surface area contributed by atoms with E-state index in [4.69, 9.17) is 11.5 Å². The van der Waals surface area contributed by atoms with Crippen LogP contribution in [0.2, 0.25) is 0 Å². The average Bonchev–Trinajstić information content (AvgIpc) is 2.40. The van der Waals surface area contributed by atoms with E-state index in [-0.39, 0.29) is 12.1 Å². The SMILES string of the molecule is NC(Cc1ccccc1)C(N)c1ccccc1. The van der Waals surface area contributed by atoms with Gasteiger partial charge in [-0.25, -0.2) is 0 Å². The predicted molar refractivity (Wildman–Crippen MR) is 71.5 cm³/mol. The van der Waals surface area contributed by atoms with E-state index in [1.54, 1.807) is 0 Å². The van der Waals surface area contributed by atoms with Crippen LogP contribution < -0.4 is 11.5 Å². The zero-order valence-electron chi connectivity index (χ0n) is 9.79. The predicted octanol–water partition coefficient (Wildman–Crippen LogP) is 2.26. The molecule has 2 rings (SSSR count). The third-order valence-corrected chi connectivity index (χ3v) is 2.96. The first-order valence-electron chi connectivity index (χ1n) is 5.87. The highest BCUT2D eigenvalue weighted by Gasteiger charge is 2.15. The van der Waals surface area contributed by atoms with E-state index in [2.05, 4.69) is 12.1 Å². The molecule has 2 nitrogen and oxygen atoms in total. The zero-order valence-corrected chi connectivity index (χ0v) is 9.79.